The van der Waals surface area contributed by atoms with Crippen molar-refractivity contribution in [1.82, 2.24) is 19.7 Å². The molecule has 0 bridgehead atoms. The number of fused-ring (bicyclic) bond motifs is 1. The van der Waals surface area contributed by atoms with Crippen LogP contribution >= 0.6 is 35.0 Å². The molecule has 2 aliphatic heterocycles. The Kier molecular flexibility index (Phi) is 5.88. The maximum absolute atomic E-state index is 13.2. The quantitative estimate of drug-likeness (QED) is 0.746. The molecule has 2 N–H and O–H groups in total. The van der Waals surface area contributed by atoms with E-state index in [1.807, 2.05) is 13.0 Å². The van der Waals surface area contributed by atoms with Gasteiger partial charge in [-0.2, -0.15) is 4.68 Å². The van der Waals surface area contributed by atoms with E-state index in [9.17, 15) is 9.59 Å². The van der Waals surface area contributed by atoms with Crippen LogP contribution in [-0.2, 0) is 11.2 Å². The summed E-state index contributed by atoms with van der Waals surface area (Å²) in [7, 11) is 0. The number of nitrogens with two attached hydrogens (primary N) is 1. The lowest BCUT2D eigenvalue weighted by molar-refractivity contribution is -0.123. The van der Waals surface area contributed by atoms with Crippen molar-refractivity contribution in [2.75, 3.05) is 13.1 Å². The SMILES string of the molecule is CCc1nc2n(n1)C(=O)C(C(c1ccc(Cl)cc1Cl)N1CCC(C(N)=O)CC1)S2. The van der Waals surface area contributed by atoms with Gasteiger partial charge in [0.05, 0.1) is 6.04 Å². The minimum atomic E-state index is -0.431. The van der Waals surface area contributed by atoms with Gasteiger partial charge in [-0.1, -0.05) is 48.0 Å². The largest absolute Gasteiger partial charge is 0.369 e. The van der Waals surface area contributed by atoms with Crippen molar-refractivity contribution >= 4 is 46.8 Å². The van der Waals surface area contributed by atoms with Gasteiger partial charge in [0.1, 0.15) is 5.25 Å². The summed E-state index contributed by atoms with van der Waals surface area (Å²) in [6.45, 7) is 3.26. The van der Waals surface area contributed by atoms with Crippen LogP contribution in [0, 0.1) is 5.92 Å². The van der Waals surface area contributed by atoms with E-state index >= 15 is 0 Å². The highest BCUT2D eigenvalue weighted by Crippen LogP contribution is 2.44. The van der Waals surface area contributed by atoms with Crippen molar-refractivity contribution in [3.05, 3.63) is 39.6 Å². The molecule has 2 aromatic rings. The summed E-state index contributed by atoms with van der Waals surface area (Å²) in [4.78, 5) is 31.4. The van der Waals surface area contributed by atoms with Crippen molar-refractivity contribution in [3.63, 3.8) is 0 Å². The van der Waals surface area contributed by atoms with E-state index in [4.69, 9.17) is 28.9 Å². The highest BCUT2D eigenvalue weighted by Gasteiger charge is 2.44. The van der Waals surface area contributed by atoms with Gasteiger partial charge in [0, 0.05) is 22.4 Å². The van der Waals surface area contributed by atoms with E-state index in [0.29, 0.717) is 53.4 Å². The van der Waals surface area contributed by atoms with Crippen LogP contribution in [-0.4, -0.2) is 49.8 Å². The van der Waals surface area contributed by atoms with E-state index in [2.05, 4.69) is 15.0 Å². The van der Waals surface area contributed by atoms with Gasteiger partial charge >= 0.3 is 0 Å². The number of rotatable bonds is 5. The van der Waals surface area contributed by atoms with Crippen LogP contribution in [0.4, 0.5) is 0 Å². The second-order valence-corrected chi connectivity index (χ2v) is 9.23. The number of carbonyl (C=O) groups excluding carboxylic acids is 2. The average molecular weight is 454 g/mol. The molecule has 10 heteroatoms. The topological polar surface area (TPSA) is 94.1 Å². The van der Waals surface area contributed by atoms with Gasteiger partial charge in [-0.15, -0.1) is 5.10 Å². The summed E-state index contributed by atoms with van der Waals surface area (Å²) in [5, 5.41) is 5.57. The summed E-state index contributed by atoms with van der Waals surface area (Å²) < 4.78 is 1.40. The van der Waals surface area contributed by atoms with Crippen LogP contribution < -0.4 is 5.73 Å². The highest BCUT2D eigenvalue weighted by atomic mass is 35.5. The Balaban J connectivity index is 1.67. The number of hydrogen-bond donors (Lipinski definition) is 1. The molecule has 1 saturated heterocycles. The molecule has 0 aliphatic carbocycles. The van der Waals surface area contributed by atoms with Crippen molar-refractivity contribution in [2.45, 2.75) is 42.6 Å². The third kappa shape index (κ3) is 3.91. The Hall–Kier alpha value is -1.61. The Morgan fingerprint density at radius 2 is 2.07 bits per heavy atom. The predicted octanol–water partition coefficient (Wildman–Crippen LogP) is 3.20. The fourth-order valence-electron chi connectivity index (χ4n) is 3.95. The molecule has 3 heterocycles. The number of benzene rings is 1. The third-order valence-corrected chi connectivity index (χ3v) is 7.27. The van der Waals surface area contributed by atoms with Gasteiger partial charge in [-0.3, -0.25) is 14.5 Å². The molecule has 1 fully saturated rings. The zero-order valence-corrected chi connectivity index (χ0v) is 18.2. The molecule has 1 aromatic heterocycles. The van der Waals surface area contributed by atoms with E-state index in [-0.39, 0.29) is 23.8 Å². The second kappa shape index (κ2) is 8.26. The number of carbonyl (C=O) groups is 2. The molecule has 7 nitrogen and oxygen atoms in total. The number of piperidine rings is 1. The molecular formula is C19H21Cl2N5O2S. The van der Waals surface area contributed by atoms with Gasteiger partial charge in [0.25, 0.3) is 5.91 Å². The summed E-state index contributed by atoms with van der Waals surface area (Å²) in [6, 6.07) is 5.06. The first kappa shape index (κ1) is 20.7. The fraction of sp³-hybridized carbons (Fsp3) is 0.474. The number of amides is 1. The summed E-state index contributed by atoms with van der Waals surface area (Å²) >= 11 is 14.0. The molecule has 0 saturated carbocycles. The minimum Gasteiger partial charge on any atom is -0.369 e. The lowest BCUT2D eigenvalue weighted by Crippen LogP contribution is -2.45. The van der Waals surface area contributed by atoms with Crippen LogP contribution in [0.2, 0.25) is 10.0 Å². The second-order valence-electron chi connectivity index (χ2n) is 7.28. The Morgan fingerprint density at radius 1 is 1.34 bits per heavy atom. The lowest BCUT2D eigenvalue weighted by Gasteiger charge is -2.39. The van der Waals surface area contributed by atoms with Gasteiger partial charge < -0.3 is 5.73 Å². The van der Waals surface area contributed by atoms with Crippen molar-refractivity contribution in [1.29, 1.82) is 0 Å². The number of nitrogens with zero attached hydrogens (tertiary/aromatic N) is 4. The van der Waals surface area contributed by atoms with E-state index in [1.54, 1.807) is 12.1 Å². The van der Waals surface area contributed by atoms with Crippen molar-refractivity contribution < 1.29 is 9.59 Å². The number of hydrogen-bond acceptors (Lipinski definition) is 6. The molecule has 2 aliphatic rings. The van der Waals surface area contributed by atoms with Crippen LogP contribution in [0.25, 0.3) is 0 Å². The third-order valence-electron chi connectivity index (χ3n) is 5.52. The molecule has 2 atom stereocenters. The maximum atomic E-state index is 13.2. The first-order valence-electron chi connectivity index (χ1n) is 9.54. The highest BCUT2D eigenvalue weighted by molar-refractivity contribution is 8.00. The maximum Gasteiger partial charge on any atom is 0.264 e. The van der Waals surface area contributed by atoms with Crippen molar-refractivity contribution in [3.8, 4) is 0 Å². The van der Waals surface area contributed by atoms with Gasteiger partial charge in [0.2, 0.25) is 5.91 Å². The smallest absolute Gasteiger partial charge is 0.264 e. The molecule has 2 unspecified atom stereocenters. The number of aryl methyl sites for hydroxylation is 1. The van der Waals surface area contributed by atoms with Gasteiger partial charge in [-0.05, 0) is 43.6 Å². The molecule has 1 aromatic carbocycles. The first-order valence-corrected chi connectivity index (χ1v) is 11.2. The molecule has 29 heavy (non-hydrogen) atoms. The average Bonchev–Trinajstić information content (AvgIpc) is 3.23. The number of likely N-dealkylation sites (tertiary alicyclic amines) is 1. The van der Waals surface area contributed by atoms with Crippen LogP contribution in [0.3, 0.4) is 0 Å². The Bertz CT molecular complexity index is 958. The number of thioether (sulfide) groups is 1. The zero-order chi connectivity index (χ0) is 20.7. The summed E-state index contributed by atoms with van der Waals surface area (Å²) in [5.74, 6) is 0.144. The van der Waals surface area contributed by atoms with E-state index in [0.717, 1.165) is 5.56 Å². The standard InChI is InChI=1S/C19H21Cl2N5O2S/c1-2-14-23-19-26(24-14)18(28)16(29-19)15(12-4-3-11(20)9-13(12)21)25-7-5-10(6-8-25)17(22)27/h3-4,9-10,15-16H,2,5-8H2,1H3,(H2,22,27). The van der Waals surface area contributed by atoms with E-state index < -0.39 is 5.25 Å². The summed E-state index contributed by atoms with van der Waals surface area (Å²) in [5.41, 5.74) is 6.32. The molecular weight excluding hydrogens is 433 g/mol. The van der Waals surface area contributed by atoms with E-state index in [1.165, 1.54) is 16.4 Å². The molecule has 1 amide bonds. The fourth-order valence-corrected chi connectivity index (χ4v) is 5.73. The monoisotopic (exact) mass is 453 g/mol. The molecule has 154 valence electrons. The lowest BCUT2D eigenvalue weighted by atomic mass is 9.92. The molecule has 0 radical (unpaired) electrons. The Morgan fingerprint density at radius 3 is 2.66 bits per heavy atom. The number of primary amides is 1. The molecule has 0 spiro atoms. The zero-order valence-electron chi connectivity index (χ0n) is 15.8. The van der Waals surface area contributed by atoms with Crippen LogP contribution in [0.5, 0.6) is 0 Å². The molecule has 4 rings (SSSR count). The van der Waals surface area contributed by atoms with Gasteiger partial charge in [-0.25, -0.2) is 4.98 Å². The Labute approximate surface area is 182 Å². The first-order chi connectivity index (χ1) is 13.9. The number of aromatic nitrogens is 3. The normalized spacial score (nSPS) is 21.3. The predicted molar refractivity (Wildman–Crippen MR) is 112 cm³/mol. The summed E-state index contributed by atoms with van der Waals surface area (Å²) in [6.07, 6.45) is 1.99. The van der Waals surface area contributed by atoms with Crippen molar-refractivity contribution in [2.24, 2.45) is 11.7 Å². The van der Waals surface area contributed by atoms with Gasteiger partial charge in [0.15, 0.2) is 11.0 Å². The number of halogens is 2. The van der Waals surface area contributed by atoms with Crippen LogP contribution in [0.15, 0.2) is 23.4 Å². The minimum absolute atomic E-state index is 0.106. The van der Waals surface area contributed by atoms with Crippen LogP contribution in [0.1, 0.15) is 42.0 Å².